The van der Waals surface area contributed by atoms with Crippen molar-refractivity contribution in [3.8, 4) is 0 Å². The Morgan fingerprint density at radius 1 is 1.15 bits per heavy atom. The second-order valence-corrected chi connectivity index (χ2v) is 5.49. The zero-order valence-electron chi connectivity index (χ0n) is 14.4. The van der Waals surface area contributed by atoms with Crippen LogP contribution in [-0.4, -0.2) is 36.4 Å². The molecule has 1 aromatic heterocycles. The number of aromatic nitrogens is 2. The van der Waals surface area contributed by atoms with E-state index in [0.717, 1.165) is 0 Å². The number of nitrogens with one attached hydrogen (secondary N) is 1. The van der Waals surface area contributed by atoms with Gasteiger partial charge in [0.25, 0.3) is 0 Å². The molecule has 0 spiro atoms. The van der Waals surface area contributed by atoms with Crippen molar-refractivity contribution in [3.05, 3.63) is 59.3 Å². The molecule has 2 aromatic rings. The summed E-state index contributed by atoms with van der Waals surface area (Å²) in [5, 5.41) is 7.15. The average Bonchev–Trinajstić information content (AvgIpc) is 2.88. The van der Waals surface area contributed by atoms with Crippen molar-refractivity contribution in [2.24, 2.45) is 0 Å². The van der Waals surface area contributed by atoms with E-state index >= 15 is 0 Å². The number of allylic oxidation sites excluding steroid dienone is 2. The van der Waals surface area contributed by atoms with Crippen molar-refractivity contribution < 1.29 is 23.5 Å². The summed E-state index contributed by atoms with van der Waals surface area (Å²) in [6.45, 7) is 1.71. The van der Waals surface area contributed by atoms with Gasteiger partial charge >= 0.3 is 11.9 Å². The molecule has 1 N–H and O–H groups in total. The Balaban J connectivity index is 2.24. The van der Waals surface area contributed by atoms with E-state index < -0.39 is 17.8 Å². The first-order valence-corrected chi connectivity index (χ1v) is 7.67. The summed E-state index contributed by atoms with van der Waals surface area (Å²) < 4.78 is 24.1. The molecule has 0 aliphatic carbocycles. The van der Waals surface area contributed by atoms with Crippen LogP contribution in [-0.2, 0) is 19.1 Å². The summed E-state index contributed by atoms with van der Waals surface area (Å²) in [5.41, 5.74) is 1.20. The third kappa shape index (κ3) is 2.85. The van der Waals surface area contributed by atoms with Crippen LogP contribution in [0.1, 0.15) is 5.69 Å². The Morgan fingerprint density at radius 2 is 1.88 bits per heavy atom. The highest BCUT2D eigenvalue weighted by molar-refractivity contribution is 6.05. The molecule has 0 fully saturated rings. The second-order valence-electron chi connectivity index (χ2n) is 5.49. The SMILES string of the molecule is COC(=O)C1=C(C(=O)OC)N(c2cc(F)c3c(C)[nH]nc3c2)C=CC=C1. The molecule has 0 radical (unpaired) electrons. The van der Waals surface area contributed by atoms with E-state index in [1.165, 1.54) is 37.5 Å². The van der Waals surface area contributed by atoms with Crippen molar-refractivity contribution in [3.63, 3.8) is 0 Å². The van der Waals surface area contributed by atoms with Crippen LogP contribution >= 0.6 is 0 Å². The van der Waals surface area contributed by atoms with Gasteiger partial charge in [-0.2, -0.15) is 5.10 Å². The number of anilines is 1. The number of benzene rings is 1. The topological polar surface area (TPSA) is 84.5 Å². The number of H-pyrrole nitrogens is 1. The molecule has 0 saturated carbocycles. The zero-order valence-corrected chi connectivity index (χ0v) is 14.4. The van der Waals surface area contributed by atoms with Crippen LogP contribution in [0.3, 0.4) is 0 Å². The molecule has 0 saturated heterocycles. The molecule has 0 bridgehead atoms. The first-order chi connectivity index (χ1) is 12.5. The number of nitrogens with zero attached hydrogens (tertiary/aromatic N) is 2. The molecule has 1 aromatic carbocycles. The lowest BCUT2D eigenvalue weighted by Crippen LogP contribution is -2.27. The molecule has 1 aliphatic heterocycles. The molecule has 2 heterocycles. The number of carbonyl (C=O) groups is 2. The first kappa shape index (κ1) is 17.4. The Kier molecular flexibility index (Phi) is 4.57. The van der Waals surface area contributed by atoms with E-state index in [0.29, 0.717) is 22.3 Å². The number of carbonyl (C=O) groups excluding carboxylic acids is 2. The minimum absolute atomic E-state index is 0.0111. The van der Waals surface area contributed by atoms with E-state index in [-0.39, 0.29) is 11.3 Å². The molecule has 7 nitrogen and oxygen atoms in total. The van der Waals surface area contributed by atoms with Gasteiger partial charge in [0.15, 0.2) is 0 Å². The van der Waals surface area contributed by atoms with Crippen molar-refractivity contribution in [2.45, 2.75) is 6.92 Å². The monoisotopic (exact) mass is 357 g/mol. The molecule has 3 rings (SSSR count). The zero-order chi connectivity index (χ0) is 18.8. The van der Waals surface area contributed by atoms with E-state index in [1.54, 1.807) is 25.1 Å². The highest BCUT2D eigenvalue weighted by atomic mass is 19.1. The Labute approximate surface area is 148 Å². The highest BCUT2D eigenvalue weighted by Crippen LogP contribution is 2.31. The lowest BCUT2D eigenvalue weighted by molar-refractivity contribution is -0.139. The highest BCUT2D eigenvalue weighted by Gasteiger charge is 2.28. The number of aryl methyl sites for hydroxylation is 1. The Morgan fingerprint density at radius 3 is 2.58 bits per heavy atom. The average molecular weight is 357 g/mol. The fourth-order valence-electron chi connectivity index (χ4n) is 2.74. The second kappa shape index (κ2) is 6.83. The van der Waals surface area contributed by atoms with Gasteiger partial charge in [0, 0.05) is 11.9 Å². The fraction of sp³-hybridized carbons (Fsp3) is 0.167. The van der Waals surface area contributed by atoms with E-state index in [1.807, 2.05) is 0 Å². The number of hydrogen-bond donors (Lipinski definition) is 1. The van der Waals surface area contributed by atoms with Gasteiger partial charge in [0.1, 0.15) is 11.5 Å². The molecule has 134 valence electrons. The van der Waals surface area contributed by atoms with Crippen LogP contribution in [0.25, 0.3) is 10.9 Å². The van der Waals surface area contributed by atoms with Crippen molar-refractivity contribution >= 4 is 28.5 Å². The summed E-state index contributed by atoms with van der Waals surface area (Å²) in [6, 6.07) is 2.87. The third-order valence-electron chi connectivity index (χ3n) is 3.94. The maximum absolute atomic E-state index is 14.6. The largest absolute Gasteiger partial charge is 0.465 e. The van der Waals surface area contributed by atoms with Crippen LogP contribution in [0.15, 0.2) is 47.8 Å². The molecule has 0 atom stereocenters. The first-order valence-electron chi connectivity index (χ1n) is 7.67. The van der Waals surface area contributed by atoms with Crippen LogP contribution in [0.2, 0.25) is 0 Å². The van der Waals surface area contributed by atoms with Gasteiger partial charge in [0.05, 0.1) is 36.4 Å². The molecular weight excluding hydrogens is 341 g/mol. The maximum Gasteiger partial charge on any atom is 0.355 e. The summed E-state index contributed by atoms with van der Waals surface area (Å²) in [4.78, 5) is 25.9. The smallest absolute Gasteiger partial charge is 0.355 e. The number of esters is 2. The minimum Gasteiger partial charge on any atom is -0.465 e. The molecule has 0 unspecified atom stereocenters. The van der Waals surface area contributed by atoms with Gasteiger partial charge in [-0.15, -0.1) is 0 Å². The van der Waals surface area contributed by atoms with Crippen molar-refractivity contribution in [1.82, 2.24) is 10.2 Å². The Bertz CT molecular complexity index is 988. The van der Waals surface area contributed by atoms with E-state index in [2.05, 4.69) is 10.2 Å². The van der Waals surface area contributed by atoms with Gasteiger partial charge in [-0.3, -0.25) is 5.10 Å². The number of fused-ring (bicyclic) bond motifs is 1. The van der Waals surface area contributed by atoms with E-state index in [9.17, 15) is 14.0 Å². The quantitative estimate of drug-likeness (QED) is 0.850. The van der Waals surface area contributed by atoms with Crippen molar-refractivity contribution in [1.29, 1.82) is 0 Å². The molecule has 1 aliphatic rings. The molecule has 26 heavy (non-hydrogen) atoms. The predicted octanol–water partition coefficient (Wildman–Crippen LogP) is 2.50. The van der Waals surface area contributed by atoms with Gasteiger partial charge in [-0.25, -0.2) is 14.0 Å². The van der Waals surface area contributed by atoms with E-state index in [4.69, 9.17) is 9.47 Å². The minimum atomic E-state index is -0.764. The molecule has 0 amide bonds. The van der Waals surface area contributed by atoms with Crippen LogP contribution in [0.4, 0.5) is 10.1 Å². The fourth-order valence-corrected chi connectivity index (χ4v) is 2.74. The lowest BCUT2D eigenvalue weighted by atomic mass is 10.1. The third-order valence-corrected chi connectivity index (χ3v) is 3.94. The van der Waals surface area contributed by atoms with Gasteiger partial charge in [0.2, 0.25) is 0 Å². The van der Waals surface area contributed by atoms with Crippen LogP contribution in [0, 0.1) is 12.7 Å². The van der Waals surface area contributed by atoms with Gasteiger partial charge < -0.3 is 14.4 Å². The maximum atomic E-state index is 14.6. The number of hydrogen-bond acceptors (Lipinski definition) is 6. The molecule has 8 heteroatoms. The lowest BCUT2D eigenvalue weighted by Gasteiger charge is -2.23. The number of ether oxygens (including phenoxy) is 2. The summed E-state index contributed by atoms with van der Waals surface area (Å²) in [6.07, 6.45) is 6.14. The summed E-state index contributed by atoms with van der Waals surface area (Å²) >= 11 is 0. The molecular formula is C18H16FN3O4. The normalized spacial score (nSPS) is 13.9. The number of aromatic amines is 1. The number of halogens is 1. The van der Waals surface area contributed by atoms with Gasteiger partial charge in [-0.05, 0) is 31.2 Å². The van der Waals surface area contributed by atoms with Crippen molar-refractivity contribution in [2.75, 3.05) is 19.1 Å². The number of methoxy groups -OCH3 is 2. The Hall–Kier alpha value is -3.42. The predicted molar refractivity (Wildman–Crippen MR) is 92.6 cm³/mol. The van der Waals surface area contributed by atoms with Crippen LogP contribution in [0.5, 0.6) is 0 Å². The standard InChI is InChI=1S/C18H16FN3O4/c1-10-15-13(19)8-11(9-14(15)21-20-10)22-7-5-4-6-12(17(23)25-2)16(22)18(24)26-3/h4-9H,1-3H3,(H,20,21). The number of rotatable bonds is 3. The summed E-state index contributed by atoms with van der Waals surface area (Å²) in [7, 11) is 2.40. The van der Waals surface area contributed by atoms with Gasteiger partial charge in [-0.1, -0.05) is 6.08 Å². The summed E-state index contributed by atoms with van der Waals surface area (Å²) in [5.74, 6) is -1.98. The van der Waals surface area contributed by atoms with Crippen LogP contribution < -0.4 is 4.90 Å².